The van der Waals surface area contributed by atoms with Crippen molar-refractivity contribution in [3.63, 3.8) is 0 Å². The normalized spacial score (nSPS) is 9.82. The molecule has 0 saturated carbocycles. The van der Waals surface area contributed by atoms with Crippen LogP contribution in [0.2, 0.25) is 5.02 Å². The number of ether oxygens (including phenoxy) is 1. The van der Waals surface area contributed by atoms with E-state index in [1.807, 2.05) is 6.07 Å². The Morgan fingerprint density at radius 1 is 1.55 bits per heavy atom. The molecule has 0 radical (unpaired) electrons. The van der Waals surface area contributed by atoms with E-state index in [0.29, 0.717) is 5.02 Å². The Morgan fingerprint density at radius 2 is 2.18 bits per heavy atom. The predicted octanol–water partition coefficient (Wildman–Crippen LogP) is 3.72. The third kappa shape index (κ3) is 2.23. The Hall–Kier alpha value is 0.520. The minimum Gasteiger partial charge on any atom is -0.496 e. The smallest absolute Gasteiger partial charge is 0.134 e. The molecule has 1 aromatic rings. The number of hydrogen-bond donors (Lipinski definition) is 0. The summed E-state index contributed by atoms with van der Waals surface area (Å²) in [5.41, 5.74) is 0. The lowest BCUT2D eigenvalue weighted by Gasteiger charge is -2.04. The number of methoxy groups -OCH3 is 1. The Labute approximate surface area is 92.3 Å². The molecule has 0 N–H and O–H groups in total. The van der Waals surface area contributed by atoms with Gasteiger partial charge in [-0.3, -0.25) is 0 Å². The van der Waals surface area contributed by atoms with Crippen molar-refractivity contribution in [3.8, 4) is 5.75 Å². The summed E-state index contributed by atoms with van der Waals surface area (Å²) >= 11 is 11.4. The molecule has 0 unspecified atom stereocenters. The molecular formula is C7H5BrClIO. The fourth-order valence-electron chi connectivity index (χ4n) is 0.661. The lowest BCUT2D eigenvalue weighted by atomic mass is 10.3. The van der Waals surface area contributed by atoms with Crippen molar-refractivity contribution >= 4 is 50.1 Å². The molecule has 0 amide bonds. The van der Waals surface area contributed by atoms with Gasteiger partial charge in [-0.15, -0.1) is 0 Å². The van der Waals surface area contributed by atoms with Crippen LogP contribution in [0.15, 0.2) is 16.6 Å². The van der Waals surface area contributed by atoms with E-state index in [1.165, 1.54) is 0 Å². The molecule has 0 aliphatic heterocycles. The van der Waals surface area contributed by atoms with Crippen molar-refractivity contribution in [1.82, 2.24) is 0 Å². The summed E-state index contributed by atoms with van der Waals surface area (Å²) in [4.78, 5) is 0. The van der Waals surface area contributed by atoms with Crippen molar-refractivity contribution in [1.29, 1.82) is 0 Å². The average Bonchev–Trinajstić information content (AvgIpc) is 1.97. The highest BCUT2D eigenvalue weighted by molar-refractivity contribution is 14.1. The van der Waals surface area contributed by atoms with Gasteiger partial charge in [-0.2, -0.15) is 0 Å². The van der Waals surface area contributed by atoms with E-state index in [-0.39, 0.29) is 0 Å². The van der Waals surface area contributed by atoms with Gasteiger partial charge in [0.2, 0.25) is 0 Å². The van der Waals surface area contributed by atoms with Crippen LogP contribution in [-0.4, -0.2) is 7.11 Å². The van der Waals surface area contributed by atoms with Gasteiger partial charge in [0.05, 0.1) is 16.6 Å². The lowest BCUT2D eigenvalue weighted by Crippen LogP contribution is -1.85. The van der Waals surface area contributed by atoms with Gasteiger partial charge in [0.1, 0.15) is 5.75 Å². The van der Waals surface area contributed by atoms with Gasteiger partial charge in [-0.25, -0.2) is 0 Å². The van der Waals surface area contributed by atoms with Gasteiger partial charge >= 0.3 is 0 Å². The zero-order valence-electron chi connectivity index (χ0n) is 5.70. The van der Waals surface area contributed by atoms with Gasteiger partial charge in [-0.1, -0.05) is 11.6 Å². The quantitative estimate of drug-likeness (QED) is 0.556. The zero-order chi connectivity index (χ0) is 8.43. The second-order valence-corrected chi connectivity index (χ2v) is 4.32. The molecule has 0 heterocycles. The van der Waals surface area contributed by atoms with E-state index in [4.69, 9.17) is 16.3 Å². The SMILES string of the molecule is COc1cc(Cl)c(I)cc1Br. The molecular weight excluding hydrogens is 342 g/mol. The number of rotatable bonds is 1. The fourth-order valence-corrected chi connectivity index (χ4v) is 2.21. The first kappa shape index (κ1) is 9.61. The van der Waals surface area contributed by atoms with Crippen molar-refractivity contribution in [3.05, 3.63) is 25.2 Å². The minimum absolute atomic E-state index is 0.714. The molecule has 1 rings (SSSR count). The predicted molar refractivity (Wildman–Crippen MR) is 58.4 cm³/mol. The van der Waals surface area contributed by atoms with Gasteiger partial charge in [0.25, 0.3) is 0 Å². The van der Waals surface area contributed by atoms with Crippen molar-refractivity contribution < 1.29 is 4.74 Å². The molecule has 0 atom stereocenters. The summed E-state index contributed by atoms with van der Waals surface area (Å²) in [5, 5.41) is 0.714. The first-order chi connectivity index (χ1) is 5.15. The molecule has 0 aliphatic carbocycles. The third-order valence-corrected chi connectivity index (χ3v) is 3.34. The Bertz CT molecular complexity index is 277. The second-order valence-electron chi connectivity index (χ2n) is 1.90. The highest BCUT2D eigenvalue weighted by Crippen LogP contribution is 2.31. The average molecular weight is 347 g/mol. The van der Waals surface area contributed by atoms with E-state index in [9.17, 15) is 0 Å². The van der Waals surface area contributed by atoms with Crippen LogP contribution in [0.3, 0.4) is 0 Å². The maximum absolute atomic E-state index is 5.86. The first-order valence-corrected chi connectivity index (χ1v) is 5.08. The zero-order valence-corrected chi connectivity index (χ0v) is 10.2. The molecule has 1 aromatic carbocycles. The molecule has 1 nitrogen and oxygen atoms in total. The molecule has 0 bridgehead atoms. The topological polar surface area (TPSA) is 9.23 Å². The first-order valence-electron chi connectivity index (χ1n) is 2.83. The molecule has 0 saturated heterocycles. The number of benzene rings is 1. The van der Waals surface area contributed by atoms with Gasteiger partial charge in [0.15, 0.2) is 0 Å². The summed E-state index contributed by atoms with van der Waals surface area (Å²) in [6.07, 6.45) is 0. The van der Waals surface area contributed by atoms with E-state index >= 15 is 0 Å². The highest BCUT2D eigenvalue weighted by Gasteiger charge is 2.03. The van der Waals surface area contributed by atoms with Crippen LogP contribution in [-0.2, 0) is 0 Å². The van der Waals surface area contributed by atoms with Crippen LogP contribution >= 0.6 is 50.1 Å². The minimum atomic E-state index is 0.714. The van der Waals surface area contributed by atoms with Crippen LogP contribution in [0.5, 0.6) is 5.75 Å². The molecule has 0 fully saturated rings. The maximum Gasteiger partial charge on any atom is 0.134 e. The van der Waals surface area contributed by atoms with Crippen molar-refractivity contribution in [2.45, 2.75) is 0 Å². The Morgan fingerprint density at radius 3 is 2.73 bits per heavy atom. The second kappa shape index (κ2) is 3.96. The molecule has 60 valence electrons. The summed E-state index contributed by atoms with van der Waals surface area (Å²) in [6, 6.07) is 3.70. The summed E-state index contributed by atoms with van der Waals surface area (Å²) in [7, 11) is 1.61. The Kier molecular flexibility index (Phi) is 3.46. The monoisotopic (exact) mass is 346 g/mol. The molecule has 11 heavy (non-hydrogen) atoms. The lowest BCUT2D eigenvalue weighted by molar-refractivity contribution is 0.412. The highest BCUT2D eigenvalue weighted by atomic mass is 127. The molecule has 4 heteroatoms. The number of hydrogen-bond acceptors (Lipinski definition) is 1. The van der Waals surface area contributed by atoms with Gasteiger partial charge < -0.3 is 4.74 Å². The van der Waals surface area contributed by atoms with Crippen LogP contribution in [0.1, 0.15) is 0 Å². The third-order valence-electron chi connectivity index (χ3n) is 1.19. The summed E-state index contributed by atoms with van der Waals surface area (Å²) in [5.74, 6) is 0.760. The van der Waals surface area contributed by atoms with Crippen LogP contribution < -0.4 is 4.74 Å². The van der Waals surface area contributed by atoms with Crippen LogP contribution in [0.4, 0.5) is 0 Å². The van der Waals surface area contributed by atoms with E-state index < -0.39 is 0 Å². The molecule has 0 aliphatic rings. The summed E-state index contributed by atoms with van der Waals surface area (Å²) in [6.45, 7) is 0. The van der Waals surface area contributed by atoms with Crippen molar-refractivity contribution in [2.24, 2.45) is 0 Å². The maximum atomic E-state index is 5.86. The fraction of sp³-hybridized carbons (Fsp3) is 0.143. The standard InChI is InChI=1S/C7H5BrClIO/c1-11-7-3-5(9)6(10)2-4(7)8/h2-3H,1H3. The van der Waals surface area contributed by atoms with Gasteiger partial charge in [-0.05, 0) is 44.6 Å². The van der Waals surface area contributed by atoms with E-state index in [2.05, 4.69) is 38.5 Å². The van der Waals surface area contributed by atoms with Gasteiger partial charge in [0, 0.05) is 9.64 Å². The summed E-state index contributed by atoms with van der Waals surface area (Å²) < 4.78 is 6.98. The van der Waals surface area contributed by atoms with E-state index in [0.717, 1.165) is 13.8 Å². The molecule has 0 aromatic heterocycles. The van der Waals surface area contributed by atoms with E-state index in [1.54, 1.807) is 13.2 Å². The van der Waals surface area contributed by atoms with Crippen LogP contribution in [0, 0.1) is 3.57 Å². The Balaban J connectivity index is 3.21. The molecule has 0 spiro atoms. The van der Waals surface area contributed by atoms with Crippen LogP contribution in [0.25, 0.3) is 0 Å². The number of halogens is 3. The largest absolute Gasteiger partial charge is 0.496 e. The van der Waals surface area contributed by atoms with Crippen molar-refractivity contribution in [2.75, 3.05) is 7.11 Å².